The number of carbonyl (C=O) groups is 1. The Hall–Kier alpha value is -1.49. The third-order valence-electron chi connectivity index (χ3n) is 3.35. The van der Waals surface area contributed by atoms with Gasteiger partial charge >= 0.3 is 0 Å². The summed E-state index contributed by atoms with van der Waals surface area (Å²) in [4.78, 5) is 11.9. The monoisotopic (exact) mass is 284 g/mol. The number of hydrogen-bond acceptors (Lipinski definition) is 2. The summed E-state index contributed by atoms with van der Waals surface area (Å²) < 4.78 is 26.5. The zero-order valence-electron chi connectivity index (χ0n) is 12.4. The molecule has 112 valence electrons. The first-order valence-corrected chi connectivity index (χ1v) is 6.74. The SMILES string of the molecule is CCC(C)(C)NC(=O)C(C)NCc1cc(F)ccc1F. The number of carbonyl (C=O) groups excluding carboxylic acids is 1. The predicted molar refractivity (Wildman–Crippen MR) is 75.2 cm³/mol. The topological polar surface area (TPSA) is 41.1 Å². The molecule has 0 aliphatic heterocycles. The van der Waals surface area contributed by atoms with Gasteiger partial charge in [-0.3, -0.25) is 4.79 Å². The molecule has 1 aromatic rings. The van der Waals surface area contributed by atoms with Crippen molar-refractivity contribution < 1.29 is 13.6 Å². The van der Waals surface area contributed by atoms with E-state index in [9.17, 15) is 13.6 Å². The Bertz CT molecular complexity index is 475. The molecular weight excluding hydrogens is 262 g/mol. The first kappa shape index (κ1) is 16.6. The minimum absolute atomic E-state index is 0.102. The van der Waals surface area contributed by atoms with Gasteiger partial charge in [-0.1, -0.05) is 6.92 Å². The lowest BCUT2D eigenvalue weighted by Gasteiger charge is -2.26. The lowest BCUT2D eigenvalue weighted by molar-refractivity contribution is -0.124. The van der Waals surface area contributed by atoms with Crippen molar-refractivity contribution in [1.29, 1.82) is 0 Å². The Morgan fingerprint density at radius 1 is 1.35 bits per heavy atom. The van der Waals surface area contributed by atoms with Gasteiger partial charge in [0.2, 0.25) is 5.91 Å². The van der Waals surface area contributed by atoms with Gasteiger partial charge in [0.25, 0.3) is 0 Å². The molecule has 0 fully saturated rings. The number of halogens is 2. The molecule has 0 bridgehead atoms. The van der Waals surface area contributed by atoms with Crippen LogP contribution in [-0.2, 0) is 11.3 Å². The normalized spacial score (nSPS) is 13.1. The maximum absolute atomic E-state index is 13.4. The fraction of sp³-hybridized carbons (Fsp3) is 0.533. The summed E-state index contributed by atoms with van der Waals surface area (Å²) >= 11 is 0. The minimum Gasteiger partial charge on any atom is -0.350 e. The molecular formula is C15H22F2N2O. The van der Waals surface area contributed by atoms with Gasteiger partial charge in [0, 0.05) is 17.6 Å². The summed E-state index contributed by atoms with van der Waals surface area (Å²) in [5.74, 6) is -1.14. The van der Waals surface area contributed by atoms with Crippen molar-refractivity contribution in [2.75, 3.05) is 0 Å². The summed E-state index contributed by atoms with van der Waals surface area (Å²) in [6.07, 6.45) is 0.810. The summed E-state index contributed by atoms with van der Waals surface area (Å²) in [7, 11) is 0. The zero-order chi connectivity index (χ0) is 15.3. The van der Waals surface area contributed by atoms with E-state index in [1.807, 2.05) is 20.8 Å². The van der Waals surface area contributed by atoms with E-state index < -0.39 is 17.7 Å². The molecule has 0 aliphatic carbocycles. The lowest BCUT2D eigenvalue weighted by Crippen LogP contribution is -2.50. The molecule has 0 aliphatic rings. The maximum atomic E-state index is 13.4. The Morgan fingerprint density at radius 3 is 2.60 bits per heavy atom. The molecule has 20 heavy (non-hydrogen) atoms. The summed E-state index contributed by atoms with van der Waals surface area (Å²) in [6, 6.07) is 2.79. The molecule has 1 atom stereocenters. The first-order valence-electron chi connectivity index (χ1n) is 6.74. The summed E-state index contributed by atoms with van der Waals surface area (Å²) in [6.45, 7) is 7.65. The van der Waals surface area contributed by atoms with Crippen LogP contribution in [0, 0.1) is 11.6 Å². The smallest absolute Gasteiger partial charge is 0.237 e. The molecule has 1 amide bonds. The molecule has 0 radical (unpaired) electrons. The van der Waals surface area contributed by atoms with Crippen molar-refractivity contribution in [3.63, 3.8) is 0 Å². The van der Waals surface area contributed by atoms with Gasteiger partial charge in [-0.25, -0.2) is 8.78 Å². The third-order valence-corrected chi connectivity index (χ3v) is 3.35. The summed E-state index contributed by atoms with van der Waals surface area (Å²) in [5, 5.41) is 5.79. The maximum Gasteiger partial charge on any atom is 0.237 e. The Labute approximate surface area is 118 Å². The van der Waals surface area contributed by atoms with Gasteiger partial charge in [-0.2, -0.15) is 0 Å². The second kappa shape index (κ2) is 6.79. The predicted octanol–water partition coefficient (Wildman–Crippen LogP) is 2.75. The second-order valence-corrected chi connectivity index (χ2v) is 5.57. The molecule has 5 heteroatoms. The largest absolute Gasteiger partial charge is 0.350 e. The zero-order valence-corrected chi connectivity index (χ0v) is 12.4. The molecule has 0 saturated carbocycles. The van der Waals surface area contributed by atoms with Crippen LogP contribution in [0.4, 0.5) is 8.78 Å². The quantitative estimate of drug-likeness (QED) is 0.843. The standard InChI is InChI=1S/C15H22F2N2O/c1-5-15(3,4)19-14(20)10(2)18-9-11-8-12(16)6-7-13(11)17/h6-8,10,18H,5,9H2,1-4H3,(H,19,20). The van der Waals surface area contributed by atoms with Crippen LogP contribution in [0.3, 0.4) is 0 Å². The van der Waals surface area contributed by atoms with Crippen LogP contribution in [0.15, 0.2) is 18.2 Å². The highest BCUT2D eigenvalue weighted by Crippen LogP contribution is 2.10. The van der Waals surface area contributed by atoms with Crippen molar-refractivity contribution in [3.8, 4) is 0 Å². The molecule has 0 aromatic heterocycles. The van der Waals surface area contributed by atoms with E-state index in [0.29, 0.717) is 0 Å². The summed E-state index contributed by atoms with van der Waals surface area (Å²) in [5.41, 5.74) is -0.0728. The number of amides is 1. The number of benzene rings is 1. The Balaban J connectivity index is 2.56. The van der Waals surface area contributed by atoms with Crippen molar-refractivity contribution >= 4 is 5.91 Å². The van der Waals surface area contributed by atoms with E-state index in [2.05, 4.69) is 10.6 Å². The number of nitrogens with one attached hydrogen (secondary N) is 2. The van der Waals surface area contributed by atoms with Crippen LogP contribution in [-0.4, -0.2) is 17.5 Å². The first-order chi connectivity index (χ1) is 9.25. The third kappa shape index (κ3) is 4.89. The van der Waals surface area contributed by atoms with Gasteiger partial charge < -0.3 is 10.6 Å². The minimum atomic E-state index is -0.493. The fourth-order valence-electron chi connectivity index (χ4n) is 1.56. The van der Waals surface area contributed by atoms with Crippen molar-refractivity contribution in [2.45, 2.75) is 52.2 Å². The van der Waals surface area contributed by atoms with E-state index in [4.69, 9.17) is 0 Å². The van der Waals surface area contributed by atoms with Gasteiger partial charge in [0.15, 0.2) is 0 Å². The lowest BCUT2D eigenvalue weighted by atomic mass is 10.0. The number of hydrogen-bond donors (Lipinski definition) is 2. The van der Waals surface area contributed by atoms with Gasteiger partial charge in [-0.15, -0.1) is 0 Å². The van der Waals surface area contributed by atoms with Crippen molar-refractivity contribution in [2.24, 2.45) is 0 Å². The molecule has 0 spiro atoms. The fourth-order valence-corrected chi connectivity index (χ4v) is 1.56. The van der Waals surface area contributed by atoms with Crippen LogP contribution in [0.1, 0.15) is 39.7 Å². The van der Waals surface area contributed by atoms with E-state index in [1.165, 1.54) is 0 Å². The molecule has 1 rings (SSSR count). The van der Waals surface area contributed by atoms with Gasteiger partial charge in [0.05, 0.1) is 6.04 Å². The highest BCUT2D eigenvalue weighted by Gasteiger charge is 2.21. The highest BCUT2D eigenvalue weighted by atomic mass is 19.1. The van der Waals surface area contributed by atoms with Crippen molar-refractivity contribution in [3.05, 3.63) is 35.4 Å². The Kier molecular flexibility index (Phi) is 5.62. The molecule has 1 unspecified atom stereocenters. The van der Waals surface area contributed by atoms with Crippen molar-refractivity contribution in [1.82, 2.24) is 10.6 Å². The van der Waals surface area contributed by atoms with E-state index in [-0.39, 0.29) is 23.6 Å². The van der Waals surface area contributed by atoms with E-state index >= 15 is 0 Å². The van der Waals surface area contributed by atoms with Crippen LogP contribution in [0.25, 0.3) is 0 Å². The van der Waals surface area contributed by atoms with E-state index in [0.717, 1.165) is 24.6 Å². The van der Waals surface area contributed by atoms with Crippen LogP contribution in [0.5, 0.6) is 0 Å². The molecule has 2 N–H and O–H groups in total. The van der Waals surface area contributed by atoms with Gasteiger partial charge in [-0.05, 0) is 45.4 Å². The second-order valence-electron chi connectivity index (χ2n) is 5.57. The van der Waals surface area contributed by atoms with Crippen LogP contribution >= 0.6 is 0 Å². The average molecular weight is 284 g/mol. The van der Waals surface area contributed by atoms with E-state index in [1.54, 1.807) is 6.92 Å². The van der Waals surface area contributed by atoms with Crippen LogP contribution < -0.4 is 10.6 Å². The Morgan fingerprint density at radius 2 is 2.00 bits per heavy atom. The van der Waals surface area contributed by atoms with Crippen LogP contribution in [0.2, 0.25) is 0 Å². The number of rotatable bonds is 6. The highest BCUT2D eigenvalue weighted by molar-refractivity contribution is 5.81. The molecule has 1 aromatic carbocycles. The molecule has 0 saturated heterocycles. The molecule has 3 nitrogen and oxygen atoms in total. The van der Waals surface area contributed by atoms with Gasteiger partial charge in [0.1, 0.15) is 11.6 Å². The molecule has 0 heterocycles. The average Bonchev–Trinajstić information content (AvgIpc) is 2.39.